The van der Waals surface area contributed by atoms with Crippen LogP contribution in [0.25, 0.3) is 10.2 Å². The van der Waals surface area contributed by atoms with Gasteiger partial charge in [0.15, 0.2) is 4.80 Å². The van der Waals surface area contributed by atoms with Gasteiger partial charge in [-0.3, -0.25) is 9.59 Å². The highest BCUT2D eigenvalue weighted by molar-refractivity contribution is 7.89. The van der Waals surface area contributed by atoms with Gasteiger partial charge in [0.05, 0.1) is 27.1 Å². The maximum atomic E-state index is 13.1. The van der Waals surface area contributed by atoms with Crippen LogP contribution in [0.3, 0.4) is 0 Å². The summed E-state index contributed by atoms with van der Waals surface area (Å²) in [6.45, 7) is 4.68. The van der Waals surface area contributed by atoms with E-state index in [1.54, 1.807) is 0 Å². The van der Waals surface area contributed by atoms with Crippen LogP contribution in [0.4, 0.5) is 0 Å². The number of nitrogens with two attached hydrogens (primary N) is 1. The first-order valence-electron chi connectivity index (χ1n) is 11.7. The molecule has 2 N–H and O–H groups in total. The average Bonchev–Trinajstić information content (AvgIpc) is 3.18. The lowest BCUT2D eigenvalue weighted by Crippen LogP contribution is -2.42. The van der Waals surface area contributed by atoms with E-state index in [0.717, 1.165) is 17.8 Å². The van der Waals surface area contributed by atoms with Crippen molar-refractivity contribution in [2.45, 2.75) is 36.6 Å². The number of hydrogen-bond donors (Lipinski definition) is 1. The van der Waals surface area contributed by atoms with Crippen LogP contribution in [0, 0.1) is 11.8 Å². The maximum Gasteiger partial charge on any atom is 0.325 e. The van der Waals surface area contributed by atoms with Crippen molar-refractivity contribution in [1.29, 1.82) is 0 Å². The van der Waals surface area contributed by atoms with Gasteiger partial charge < -0.3 is 9.30 Å². The predicted octanol–water partition coefficient (Wildman–Crippen LogP) is 1.93. The van der Waals surface area contributed by atoms with E-state index in [9.17, 15) is 26.4 Å². The second-order valence-electron chi connectivity index (χ2n) is 9.43. The highest BCUT2D eigenvalue weighted by atomic mass is 32.2. The molecule has 38 heavy (non-hydrogen) atoms. The molecule has 0 aliphatic carbocycles. The number of rotatable bonds is 6. The van der Waals surface area contributed by atoms with E-state index in [1.165, 1.54) is 58.4 Å². The Kier molecular flexibility index (Phi) is 7.91. The minimum Gasteiger partial charge on any atom is -0.468 e. The number of sulfonamides is 2. The van der Waals surface area contributed by atoms with Crippen LogP contribution in [0.2, 0.25) is 0 Å². The standard InChI is InChI=1S/C24H28N4O7S3/c1-15-10-16(2)13-27(12-15)38(33,34)18-6-4-17(5-7-18)23(30)26-24-28(14-22(29)35-3)20-9-8-19(37(25,31)32)11-21(20)36-24/h4-9,11,15-16H,10,12-14H2,1-3H3,(H2,25,31,32)/t15-,16+. The minimum atomic E-state index is -3.97. The van der Waals surface area contributed by atoms with E-state index < -0.39 is 31.9 Å². The van der Waals surface area contributed by atoms with Crippen molar-refractivity contribution >= 4 is 53.5 Å². The van der Waals surface area contributed by atoms with Gasteiger partial charge in [0, 0.05) is 18.7 Å². The minimum absolute atomic E-state index is 0.0912. The zero-order chi connectivity index (χ0) is 27.8. The molecule has 0 spiro atoms. The summed E-state index contributed by atoms with van der Waals surface area (Å²) in [5.41, 5.74) is 0.613. The Morgan fingerprint density at radius 1 is 1.03 bits per heavy atom. The first kappa shape index (κ1) is 28.1. The van der Waals surface area contributed by atoms with E-state index in [1.807, 2.05) is 13.8 Å². The van der Waals surface area contributed by atoms with Gasteiger partial charge >= 0.3 is 5.97 Å². The molecule has 0 unspecified atom stereocenters. The first-order chi connectivity index (χ1) is 17.8. The van der Waals surface area contributed by atoms with Gasteiger partial charge in [-0.25, -0.2) is 22.0 Å². The number of aromatic nitrogens is 1. The smallest absolute Gasteiger partial charge is 0.325 e. The normalized spacial score (nSPS) is 19.5. The molecular weight excluding hydrogens is 552 g/mol. The largest absolute Gasteiger partial charge is 0.468 e. The van der Waals surface area contributed by atoms with E-state index in [4.69, 9.17) is 9.88 Å². The summed E-state index contributed by atoms with van der Waals surface area (Å²) in [5.74, 6) is -0.740. The molecule has 2 atom stereocenters. The summed E-state index contributed by atoms with van der Waals surface area (Å²) in [5, 5.41) is 5.23. The number of carbonyl (C=O) groups is 2. The molecule has 2 heterocycles. The number of thiazole rings is 1. The van der Waals surface area contributed by atoms with Crippen LogP contribution in [0.5, 0.6) is 0 Å². The second-order valence-corrected chi connectivity index (χ2v) is 13.9. The van der Waals surface area contributed by atoms with Crippen LogP contribution in [-0.2, 0) is 36.1 Å². The molecule has 1 saturated heterocycles. The van der Waals surface area contributed by atoms with Crippen LogP contribution < -0.4 is 9.94 Å². The van der Waals surface area contributed by atoms with Gasteiger partial charge in [0.2, 0.25) is 20.0 Å². The molecule has 0 radical (unpaired) electrons. The van der Waals surface area contributed by atoms with E-state index in [0.29, 0.717) is 23.3 Å². The number of amides is 1. The predicted molar refractivity (Wildman–Crippen MR) is 141 cm³/mol. The van der Waals surface area contributed by atoms with Crippen molar-refractivity contribution in [1.82, 2.24) is 8.87 Å². The zero-order valence-corrected chi connectivity index (χ0v) is 23.5. The number of nitrogens with zero attached hydrogens (tertiary/aromatic N) is 3. The summed E-state index contributed by atoms with van der Waals surface area (Å²) in [6.07, 6.45) is 0.970. The molecule has 1 aliphatic rings. The van der Waals surface area contributed by atoms with Crippen molar-refractivity contribution < 1.29 is 31.2 Å². The van der Waals surface area contributed by atoms with Crippen molar-refractivity contribution in [2.24, 2.45) is 22.0 Å². The highest BCUT2D eigenvalue weighted by Crippen LogP contribution is 2.27. The van der Waals surface area contributed by atoms with Crippen LogP contribution in [-0.4, -0.2) is 57.8 Å². The Morgan fingerprint density at radius 3 is 2.21 bits per heavy atom. The molecule has 14 heteroatoms. The second kappa shape index (κ2) is 10.7. The molecule has 1 aliphatic heterocycles. The Bertz CT molecular complexity index is 1660. The van der Waals surface area contributed by atoms with Gasteiger partial charge in [-0.2, -0.15) is 9.30 Å². The summed E-state index contributed by atoms with van der Waals surface area (Å²) in [4.78, 5) is 29.3. The number of primary sulfonamides is 1. The van der Waals surface area contributed by atoms with Crippen LogP contribution in [0.15, 0.2) is 57.2 Å². The van der Waals surface area contributed by atoms with E-state index in [-0.39, 0.29) is 38.5 Å². The number of hydrogen-bond acceptors (Lipinski definition) is 8. The number of carbonyl (C=O) groups excluding carboxylic acids is 2. The summed E-state index contributed by atoms with van der Waals surface area (Å²) < 4.78 is 57.9. The fourth-order valence-electron chi connectivity index (χ4n) is 4.53. The number of benzene rings is 2. The first-order valence-corrected chi connectivity index (χ1v) is 15.5. The summed E-state index contributed by atoms with van der Waals surface area (Å²) in [6, 6.07) is 9.67. The summed E-state index contributed by atoms with van der Waals surface area (Å²) in [7, 11) is -6.45. The van der Waals surface area contributed by atoms with Crippen molar-refractivity contribution in [3.8, 4) is 0 Å². The third-order valence-corrected chi connectivity index (χ3v) is 10.1. The highest BCUT2D eigenvalue weighted by Gasteiger charge is 2.31. The molecule has 11 nitrogen and oxygen atoms in total. The van der Waals surface area contributed by atoms with Crippen molar-refractivity contribution in [3.05, 3.63) is 52.8 Å². The lowest BCUT2D eigenvalue weighted by Gasteiger charge is -2.34. The van der Waals surface area contributed by atoms with Crippen LogP contribution in [0.1, 0.15) is 30.6 Å². The van der Waals surface area contributed by atoms with Crippen LogP contribution >= 0.6 is 11.3 Å². The molecule has 1 amide bonds. The third-order valence-electron chi connectivity index (χ3n) is 6.27. The Labute approximate surface area is 224 Å². The third kappa shape index (κ3) is 5.89. The van der Waals surface area contributed by atoms with E-state index >= 15 is 0 Å². The maximum absolute atomic E-state index is 13.1. The lowest BCUT2D eigenvalue weighted by molar-refractivity contribution is -0.141. The van der Waals surface area contributed by atoms with Crippen molar-refractivity contribution in [2.75, 3.05) is 20.2 Å². The number of piperidine rings is 1. The van der Waals surface area contributed by atoms with Crippen molar-refractivity contribution in [3.63, 3.8) is 0 Å². The summed E-state index contributed by atoms with van der Waals surface area (Å²) >= 11 is 1.00. The lowest BCUT2D eigenvalue weighted by atomic mass is 9.94. The molecule has 0 bridgehead atoms. The molecule has 4 rings (SSSR count). The van der Waals surface area contributed by atoms with Gasteiger partial charge in [-0.05, 0) is 60.7 Å². The Hall–Kier alpha value is -2.91. The quantitative estimate of drug-likeness (QED) is 0.436. The zero-order valence-electron chi connectivity index (χ0n) is 21.0. The number of fused-ring (bicyclic) bond motifs is 1. The molecule has 0 saturated carbocycles. The average molecular weight is 581 g/mol. The molecule has 1 fully saturated rings. The number of ether oxygens (including phenoxy) is 1. The monoisotopic (exact) mass is 580 g/mol. The van der Waals surface area contributed by atoms with Gasteiger partial charge in [-0.15, -0.1) is 0 Å². The van der Waals surface area contributed by atoms with E-state index in [2.05, 4.69) is 4.99 Å². The molecule has 2 aromatic carbocycles. The van der Waals surface area contributed by atoms with Gasteiger partial charge in [0.25, 0.3) is 5.91 Å². The van der Waals surface area contributed by atoms with Gasteiger partial charge in [0.1, 0.15) is 6.54 Å². The number of esters is 1. The Morgan fingerprint density at radius 2 is 1.63 bits per heavy atom. The molecule has 3 aromatic rings. The van der Waals surface area contributed by atoms with Gasteiger partial charge in [-0.1, -0.05) is 25.2 Å². The number of methoxy groups -OCH3 is 1. The fraction of sp³-hybridized carbons (Fsp3) is 0.375. The molecule has 204 valence electrons. The Balaban J connectivity index is 1.69. The fourth-order valence-corrected chi connectivity index (χ4v) is 7.90. The molecule has 1 aromatic heterocycles. The molecular formula is C24H28N4O7S3. The topological polar surface area (TPSA) is 158 Å². The SMILES string of the molecule is COC(=O)Cn1c(=NC(=O)c2ccc(S(=O)(=O)N3C[C@H](C)C[C@H](C)C3)cc2)sc2cc(S(N)(=O)=O)ccc21.